The van der Waals surface area contributed by atoms with Crippen molar-refractivity contribution in [2.24, 2.45) is 0 Å². The third-order valence-electron chi connectivity index (χ3n) is 4.28. The largest absolute Gasteiger partial charge is 0.457 e. The quantitative estimate of drug-likeness (QED) is 0.301. The molecule has 2 aromatic heterocycles. The summed E-state index contributed by atoms with van der Waals surface area (Å²) in [5, 5.41) is 2.46. The van der Waals surface area contributed by atoms with Gasteiger partial charge in [0.05, 0.1) is 21.6 Å². The topological polar surface area (TPSA) is 91.9 Å². The van der Waals surface area contributed by atoms with Crippen LogP contribution >= 0.6 is 23.4 Å². The summed E-state index contributed by atoms with van der Waals surface area (Å²) in [6.45, 7) is 0. The molecule has 0 fully saturated rings. The van der Waals surface area contributed by atoms with Crippen LogP contribution in [0.3, 0.4) is 0 Å². The number of nitrogens with one attached hydrogen (secondary N) is 3. The van der Waals surface area contributed by atoms with Crippen LogP contribution < -0.4 is 14.9 Å². The average Bonchev–Trinajstić information content (AvgIpc) is 3.14. The van der Waals surface area contributed by atoms with Crippen molar-refractivity contribution < 1.29 is 22.7 Å². The van der Waals surface area contributed by atoms with Gasteiger partial charge in [-0.25, -0.2) is 4.98 Å². The third kappa shape index (κ3) is 4.71. The van der Waals surface area contributed by atoms with Crippen molar-refractivity contribution in [3.63, 3.8) is 0 Å². The molecule has 7 nitrogen and oxygen atoms in total. The Bertz CT molecular complexity index is 1310. The van der Waals surface area contributed by atoms with Crippen LogP contribution in [0.1, 0.15) is 16.1 Å². The van der Waals surface area contributed by atoms with Gasteiger partial charge < -0.3 is 15.0 Å². The van der Waals surface area contributed by atoms with E-state index >= 15 is 0 Å². The Hall–Kier alpha value is -3.50. The number of alkyl halides is 3. The predicted octanol–water partition coefficient (Wildman–Crippen LogP) is 6.05. The molecule has 3 N–H and O–H groups in total. The molecular formula is C20H12Cl2F3N5O2. The summed E-state index contributed by atoms with van der Waals surface area (Å²) in [5.74, 6) is 0.554. The number of carbonyl (C=O) groups is 1. The van der Waals surface area contributed by atoms with Gasteiger partial charge in [0, 0.05) is 35.8 Å². The van der Waals surface area contributed by atoms with E-state index in [9.17, 15) is 18.0 Å². The first kappa shape index (κ1) is 21.7. The minimum atomic E-state index is -4.53. The zero-order valence-electron chi connectivity index (χ0n) is 15.8. The molecular weight excluding hydrogens is 470 g/mol. The second kappa shape index (κ2) is 8.56. The molecule has 0 aliphatic rings. The van der Waals surface area contributed by atoms with Crippen molar-refractivity contribution in [3.8, 4) is 11.5 Å². The smallest absolute Gasteiger partial charge is 0.417 e. The summed E-state index contributed by atoms with van der Waals surface area (Å²) < 4.78 is 44.3. The first-order valence-corrected chi connectivity index (χ1v) is 9.67. The van der Waals surface area contributed by atoms with Crippen molar-refractivity contribution >= 4 is 52.0 Å². The Morgan fingerprint density at radius 2 is 1.84 bits per heavy atom. The summed E-state index contributed by atoms with van der Waals surface area (Å²) >= 11 is 11.1. The second-order valence-corrected chi connectivity index (χ2v) is 7.08. The van der Waals surface area contributed by atoms with Gasteiger partial charge in [-0.1, -0.05) is 11.6 Å². The SMILES string of the molecule is O=C(NCl)c1cc(Oc2ccc3nc(Nc4ccc(C(F)(F)F)c(Cl)c4)[nH]c3c2)ccn1. The Morgan fingerprint density at radius 3 is 2.56 bits per heavy atom. The number of hydrogen-bond donors (Lipinski definition) is 3. The van der Waals surface area contributed by atoms with Gasteiger partial charge in [-0.15, -0.1) is 0 Å². The number of hydrogen-bond acceptors (Lipinski definition) is 5. The fourth-order valence-corrected chi connectivity index (χ4v) is 3.24. The van der Waals surface area contributed by atoms with E-state index in [1.165, 1.54) is 24.4 Å². The summed E-state index contributed by atoms with van der Waals surface area (Å²) in [6, 6.07) is 11.4. The molecule has 0 radical (unpaired) electrons. The molecule has 2 aromatic carbocycles. The summed E-state index contributed by atoms with van der Waals surface area (Å²) in [6.07, 6.45) is -3.13. The van der Waals surface area contributed by atoms with Gasteiger partial charge in [0.1, 0.15) is 17.2 Å². The van der Waals surface area contributed by atoms with Crippen molar-refractivity contribution in [2.75, 3.05) is 5.32 Å². The number of carbonyl (C=O) groups excluding carboxylic acids is 1. The van der Waals surface area contributed by atoms with Gasteiger partial charge in [0.15, 0.2) is 0 Å². The fraction of sp³-hybridized carbons (Fsp3) is 0.0500. The van der Waals surface area contributed by atoms with E-state index in [-0.39, 0.29) is 5.69 Å². The van der Waals surface area contributed by atoms with Gasteiger partial charge in [-0.2, -0.15) is 13.2 Å². The van der Waals surface area contributed by atoms with Crippen LogP contribution in [0, 0.1) is 0 Å². The second-order valence-electron chi connectivity index (χ2n) is 6.48. The van der Waals surface area contributed by atoms with E-state index in [4.69, 9.17) is 28.1 Å². The van der Waals surface area contributed by atoms with Gasteiger partial charge in [0.2, 0.25) is 5.95 Å². The Balaban J connectivity index is 1.54. The normalized spacial score (nSPS) is 11.4. The molecule has 164 valence electrons. The fourth-order valence-electron chi connectivity index (χ4n) is 2.85. The lowest BCUT2D eigenvalue weighted by Gasteiger charge is -2.10. The molecule has 12 heteroatoms. The molecule has 0 aliphatic heterocycles. The van der Waals surface area contributed by atoms with E-state index in [2.05, 4.69) is 20.3 Å². The first-order chi connectivity index (χ1) is 15.2. The number of rotatable bonds is 5. The van der Waals surface area contributed by atoms with Gasteiger partial charge in [-0.05, 0) is 36.4 Å². The molecule has 0 spiro atoms. The molecule has 0 unspecified atom stereocenters. The van der Waals surface area contributed by atoms with E-state index in [1.54, 1.807) is 24.3 Å². The average molecular weight is 482 g/mol. The lowest BCUT2D eigenvalue weighted by Crippen LogP contribution is -2.13. The van der Waals surface area contributed by atoms with Crippen LogP contribution in [0.2, 0.25) is 5.02 Å². The van der Waals surface area contributed by atoms with Crippen LogP contribution in [0.5, 0.6) is 11.5 Å². The van der Waals surface area contributed by atoms with E-state index in [1.807, 2.05) is 4.84 Å². The van der Waals surface area contributed by atoms with Gasteiger partial charge >= 0.3 is 6.18 Å². The number of amides is 1. The highest BCUT2D eigenvalue weighted by atomic mass is 35.5. The van der Waals surface area contributed by atoms with Crippen LogP contribution in [0.4, 0.5) is 24.8 Å². The summed E-state index contributed by atoms with van der Waals surface area (Å²) in [4.78, 5) is 24.8. The van der Waals surface area contributed by atoms with Crippen LogP contribution in [-0.2, 0) is 6.18 Å². The van der Waals surface area contributed by atoms with E-state index in [0.717, 1.165) is 6.07 Å². The minimum absolute atomic E-state index is 0.0850. The molecule has 0 atom stereocenters. The van der Waals surface area contributed by atoms with Crippen LogP contribution in [0.25, 0.3) is 11.0 Å². The number of aromatic nitrogens is 3. The molecule has 0 bridgehead atoms. The van der Waals surface area contributed by atoms with Crippen molar-refractivity contribution in [3.05, 3.63) is 71.0 Å². The highest BCUT2D eigenvalue weighted by molar-refractivity contribution is 6.31. The zero-order chi connectivity index (χ0) is 22.9. The Morgan fingerprint density at radius 1 is 1.06 bits per heavy atom. The summed E-state index contributed by atoms with van der Waals surface area (Å²) in [7, 11) is 0. The standard InChI is InChI=1S/C20H12Cl2F3N5O2/c21-14-7-10(1-3-13(14)20(23,24)25)27-19-28-15-4-2-11(8-16(15)29-19)32-12-5-6-26-17(9-12)18(31)30-22/h1-9H,(H,30,31)(H2,27,28,29). The van der Waals surface area contributed by atoms with E-state index in [0.29, 0.717) is 34.2 Å². The molecule has 1 amide bonds. The molecule has 4 aromatic rings. The number of anilines is 2. The maximum atomic E-state index is 12.9. The molecule has 32 heavy (non-hydrogen) atoms. The number of pyridine rings is 1. The number of ether oxygens (including phenoxy) is 1. The first-order valence-electron chi connectivity index (χ1n) is 8.91. The number of nitrogens with zero attached hydrogens (tertiary/aromatic N) is 2. The van der Waals surface area contributed by atoms with Crippen molar-refractivity contribution in [1.82, 2.24) is 19.8 Å². The molecule has 2 heterocycles. The number of fused-ring (bicyclic) bond motifs is 1. The molecule has 0 saturated carbocycles. The Labute approximate surface area is 188 Å². The molecule has 0 aliphatic carbocycles. The lowest BCUT2D eigenvalue weighted by molar-refractivity contribution is -0.137. The van der Waals surface area contributed by atoms with Crippen LogP contribution in [-0.4, -0.2) is 20.9 Å². The monoisotopic (exact) mass is 481 g/mol. The number of imidazole rings is 1. The number of benzene rings is 2. The van der Waals surface area contributed by atoms with Crippen molar-refractivity contribution in [2.45, 2.75) is 6.18 Å². The number of H-pyrrole nitrogens is 1. The highest BCUT2D eigenvalue weighted by Gasteiger charge is 2.33. The molecule has 0 saturated heterocycles. The maximum absolute atomic E-state index is 12.9. The summed E-state index contributed by atoms with van der Waals surface area (Å²) in [5.41, 5.74) is 0.701. The number of halogens is 5. The van der Waals surface area contributed by atoms with Crippen LogP contribution in [0.15, 0.2) is 54.7 Å². The maximum Gasteiger partial charge on any atom is 0.417 e. The van der Waals surface area contributed by atoms with Crippen molar-refractivity contribution in [1.29, 1.82) is 0 Å². The Kier molecular flexibility index (Phi) is 5.81. The minimum Gasteiger partial charge on any atom is -0.457 e. The van der Waals surface area contributed by atoms with E-state index < -0.39 is 22.7 Å². The lowest BCUT2D eigenvalue weighted by atomic mass is 10.2. The van der Waals surface area contributed by atoms with Gasteiger partial charge in [-0.3, -0.25) is 14.6 Å². The number of aromatic amines is 1. The molecule has 4 rings (SSSR count). The zero-order valence-corrected chi connectivity index (χ0v) is 17.3. The highest BCUT2D eigenvalue weighted by Crippen LogP contribution is 2.36. The van der Waals surface area contributed by atoms with Gasteiger partial charge in [0.25, 0.3) is 5.91 Å². The third-order valence-corrected chi connectivity index (χ3v) is 4.76. The predicted molar refractivity (Wildman–Crippen MR) is 113 cm³/mol.